The lowest BCUT2D eigenvalue weighted by Gasteiger charge is -2.17. The average molecular weight is 352 g/mol. The molecule has 1 aliphatic rings. The van der Waals surface area contributed by atoms with E-state index in [1.54, 1.807) is 11.3 Å². The molecule has 0 saturated heterocycles. The Morgan fingerprint density at radius 2 is 2.08 bits per heavy atom. The zero-order valence-corrected chi connectivity index (χ0v) is 15.3. The fourth-order valence-corrected chi connectivity index (χ4v) is 3.92. The Kier molecular flexibility index (Phi) is 3.96. The van der Waals surface area contributed by atoms with Gasteiger partial charge in [0.1, 0.15) is 5.75 Å². The van der Waals surface area contributed by atoms with E-state index in [-0.39, 0.29) is 11.9 Å². The number of hydrogen-bond donors (Lipinski definition) is 1. The number of rotatable bonds is 3. The third kappa shape index (κ3) is 3.00. The number of hydrogen-bond acceptors (Lipinski definition) is 4. The minimum Gasteiger partial charge on any atom is -0.480 e. The first-order valence-corrected chi connectivity index (χ1v) is 9.29. The predicted octanol–water partition coefficient (Wildman–Crippen LogP) is 4.09. The molecule has 0 bridgehead atoms. The molecule has 0 spiro atoms. The van der Waals surface area contributed by atoms with E-state index in [2.05, 4.69) is 36.3 Å². The standard InChI is InChI=1S/C20H20N2O2S/c1-11-6-15-8-18(24-17(15)7-12(11)2)20(23)22-13(3)14-4-5-16-19(9-14)25-10-21-16/h4-7,9-10,13,18H,8H2,1-3H3,(H,22,23). The van der Waals surface area contributed by atoms with Gasteiger partial charge < -0.3 is 10.1 Å². The van der Waals surface area contributed by atoms with E-state index in [1.807, 2.05) is 30.6 Å². The van der Waals surface area contributed by atoms with Crippen molar-refractivity contribution in [3.8, 4) is 5.75 Å². The van der Waals surface area contributed by atoms with Crippen LogP contribution in [0.4, 0.5) is 0 Å². The minimum absolute atomic E-state index is 0.0663. The number of nitrogens with zero attached hydrogens (tertiary/aromatic N) is 1. The van der Waals surface area contributed by atoms with Crippen molar-refractivity contribution in [2.24, 2.45) is 0 Å². The van der Waals surface area contributed by atoms with Gasteiger partial charge >= 0.3 is 0 Å². The molecule has 25 heavy (non-hydrogen) atoms. The number of carbonyl (C=O) groups excluding carboxylic acids is 1. The molecule has 2 aromatic carbocycles. The van der Waals surface area contributed by atoms with Gasteiger partial charge in [0.25, 0.3) is 5.91 Å². The third-order valence-corrected chi connectivity index (χ3v) is 5.65. The molecule has 1 aromatic heterocycles. The van der Waals surface area contributed by atoms with Gasteiger partial charge in [-0.15, -0.1) is 11.3 Å². The first-order chi connectivity index (χ1) is 12.0. The zero-order chi connectivity index (χ0) is 17.6. The van der Waals surface area contributed by atoms with Gasteiger partial charge in [-0.3, -0.25) is 4.79 Å². The summed E-state index contributed by atoms with van der Waals surface area (Å²) in [6.07, 6.45) is 0.175. The lowest BCUT2D eigenvalue weighted by atomic mass is 10.0. The Morgan fingerprint density at radius 1 is 1.28 bits per heavy atom. The number of fused-ring (bicyclic) bond motifs is 2. The maximum absolute atomic E-state index is 12.6. The summed E-state index contributed by atoms with van der Waals surface area (Å²) in [5, 5.41) is 3.08. The quantitative estimate of drug-likeness (QED) is 0.772. The van der Waals surface area contributed by atoms with Gasteiger partial charge in [-0.1, -0.05) is 12.1 Å². The van der Waals surface area contributed by atoms with Crippen molar-refractivity contribution in [1.29, 1.82) is 0 Å². The Bertz CT molecular complexity index is 932. The van der Waals surface area contributed by atoms with Crippen LogP contribution in [0.2, 0.25) is 0 Å². The smallest absolute Gasteiger partial charge is 0.261 e. The summed E-state index contributed by atoms with van der Waals surface area (Å²) in [6.45, 7) is 6.14. The summed E-state index contributed by atoms with van der Waals surface area (Å²) >= 11 is 1.61. The normalized spacial score (nSPS) is 17.2. The monoisotopic (exact) mass is 352 g/mol. The Morgan fingerprint density at radius 3 is 2.92 bits per heavy atom. The lowest BCUT2D eigenvalue weighted by molar-refractivity contribution is -0.127. The van der Waals surface area contributed by atoms with Crippen LogP contribution in [0.5, 0.6) is 5.75 Å². The number of nitrogens with one attached hydrogen (secondary N) is 1. The third-order valence-electron chi connectivity index (χ3n) is 4.86. The summed E-state index contributed by atoms with van der Waals surface area (Å²) in [4.78, 5) is 16.9. The summed E-state index contributed by atoms with van der Waals surface area (Å²) in [5.74, 6) is 0.769. The Labute approximate surface area is 150 Å². The van der Waals surface area contributed by atoms with Crippen LogP contribution in [0.15, 0.2) is 35.8 Å². The number of benzene rings is 2. The van der Waals surface area contributed by atoms with E-state index in [4.69, 9.17) is 4.74 Å². The van der Waals surface area contributed by atoms with Gasteiger partial charge in [-0.2, -0.15) is 0 Å². The maximum atomic E-state index is 12.6. The SMILES string of the molecule is Cc1cc2c(cc1C)OC(C(=O)NC(C)c1ccc3ncsc3c1)C2. The molecule has 0 radical (unpaired) electrons. The molecule has 0 aliphatic carbocycles. The van der Waals surface area contributed by atoms with Gasteiger partial charge in [0, 0.05) is 6.42 Å². The summed E-state index contributed by atoms with van der Waals surface area (Å²) < 4.78 is 7.01. The second-order valence-corrected chi connectivity index (χ2v) is 7.55. The van der Waals surface area contributed by atoms with E-state index in [1.165, 1.54) is 11.1 Å². The summed E-state index contributed by atoms with van der Waals surface area (Å²) in [6, 6.07) is 10.2. The summed E-state index contributed by atoms with van der Waals surface area (Å²) in [5.41, 5.74) is 7.44. The Balaban J connectivity index is 1.47. The van der Waals surface area contributed by atoms with Crippen molar-refractivity contribution >= 4 is 27.5 Å². The van der Waals surface area contributed by atoms with Crippen LogP contribution >= 0.6 is 11.3 Å². The molecule has 4 rings (SSSR count). The zero-order valence-electron chi connectivity index (χ0n) is 14.5. The highest BCUT2D eigenvalue weighted by Crippen LogP contribution is 2.32. The van der Waals surface area contributed by atoms with Crippen LogP contribution in [-0.4, -0.2) is 17.0 Å². The average Bonchev–Trinajstić information content (AvgIpc) is 3.20. The molecule has 2 atom stereocenters. The predicted molar refractivity (Wildman–Crippen MR) is 100 cm³/mol. The van der Waals surface area contributed by atoms with Crippen LogP contribution in [-0.2, 0) is 11.2 Å². The minimum atomic E-state index is -0.453. The second kappa shape index (κ2) is 6.15. The fourth-order valence-electron chi connectivity index (χ4n) is 3.19. The molecule has 3 aromatic rings. The maximum Gasteiger partial charge on any atom is 0.261 e. The van der Waals surface area contributed by atoms with Gasteiger partial charge in [0.05, 0.1) is 21.8 Å². The van der Waals surface area contributed by atoms with E-state index >= 15 is 0 Å². The molecule has 5 heteroatoms. The highest BCUT2D eigenvalue weighted by Gasteiger charge is 2.30. The molecule has 0 saturated carbocycles. The molecule has 128 valence electrons. The number of aromatic nitrogens is 1. The van der Waals surface area contributed by atoms with Crippen LogP contribution in [0, 0.1) is 13.8 Å². The largest absolute Gasteiger partial charge is 0.480 e. The Hall–Kier alpha value is -2.40. The van der Waals surface area contributed by atoms with Crippen molar-refractivity contribution in [1.82, 2.24) is 10.3 Å². The molecule has 0 fully saturated rings. The van der Waals surface area contributed by atoms with Gasteiger partial charge in [0.2, 0.25) is 0 Å². The molecule has 1 N–H and O–H groups in total. The van der Waals surface area contributed by atoms with Gasteiger partial charge in [0.15, 0.2) is 6.10 Å². The molecule has 2 heterocycles. The van der Waals surface area contributed by atoms with Crippen molar-refractivity contribution in [3.05, 3.63) is 58.1 Å². The van der Waals surface area contributed by atoms with Gasteiger partial charge in [-0.25, -0.2) is 4.98 Å². The van der Waals surface area contributed by atoms with Crippen molar-refractivity contribution in [2.45, 2.75) is 39.3 Å². The van der Waals surface area contributed by atoms with E-state index < -0.39 is 6.10 Å². The molecule has 4 nitrogen and oxygen atoms in total. The van der Waals surface area contributed by atoms with E-state index in [9.17, 15) is 4.79 Å². The highest BCUT2D eigenvalue weighted by atomic mass is 32.1. The van der Waals surface area contributed by atoms with Crippen LogP contribution < -0.4 is 10.1 Å². The summed E-state index contributed by atoms with van der Waals surface area (Å²) in [7, 11) is 0. The first kappa shape index (κ1) is 16.1. The number of carbonyl (C=O) groups is 1. The molecular formula is C20H20N2O2S. The van der Waals surface area contributed by atoms with Crippen molar-refractivity contribution < 1.29 is 9.53 Å². The van der Waals surface area contributed by atoms with E-state index in [0.29, 0.717) is 6.42 Å². The topological polar surface area (TPSA) is 51.2 Å². The second-order valence-electron chi connectivity index (χ2n) is 6.66. The molecule has 1 amide bonds. The fraction of sp³-hybridized carbons (Fsp3) is 0.300. The van der Waals surface area contributed by atoms with E-state index in [0.717, 1.165) is 27.1 Å². The molecule has 1 aliphatic heterocycles. The van der Waals surface area contributed by atoms with Gasteiger partial charge in [-0.05, 0) is 61.2 Å². The highest BCUT2D eigenvalue weighted by molar-refractivity contribution is 7.16. The first-order valence-electron chi connectivity index (χ1n) is 8.41. The lowest BCUT2D eigenvalue weighted by Crippen LogP contribution is -2.38. The van der Waals surface area contributed by atoms with Crippen LogP contribution in [0.3, 0.4) is 0 Å². The van der Waals surface area contributed by atoms with Crippen LogP contribution in [0.1, 0.15) is 35.2 Å². The number of thiazole rings is 1. The molecule has 2 unspecified atom stereocenters. The van der Waals surface area contributed by atoms with Crippen LogP contribution in [0.25, 0.3) is 10.2 Å². The van der Waals surface area contributed by atoms with Crippen molar-refractivity contribution in [3.63, 3.8) is 0 Å². The van der Waals surface area contributed by atoms with Crippen molar-refractivity contribution in [2.75, 3.05) is 0 Å². The number of ether oxygens (including phenoxy) is 1. The molecular weight excluding hydrogens is 332 g/mol. The number of aryl methyl sites for hydroxylation is 2. The number of amides is 1.